The second-order valence-corrected chi connectivity index (χ2v) is 5.59. The standard InChI is InChI=1S/C17H15FN2O/c1-10-12(4-2-7-15(10)21)17-19-16-13(18)5-3-6-14(16)20(17)11-8-9-11/h2-7,11,21H,8-9H2,1H3. The van der Waals surface area contributed by atoms with Crippen molar-refractivity contribution in [2.24, 2.45) is 0 Å². The fraction of sp³-hybridized carbons (Fsp3) is 0.235. The van der Waals surface area contributed by atoms with Crippen LogP contribution in [-0.4, -0.2) is 14.7 Å². The molecular weight excluding hydrogens is 267 g/mol. The summed E-state index contributed by atoms with van der Waals surface area (Å²) in [6, 6.07) is 10.8. The fourth-order valence-corrected chi connectivity index (χ4v) is 2.84. The van der Waals surface area contributed by atoms with E-state index >= 15 is 0 Å². The van der Waals surface area contributed by atoms with E-state index in [-0.39, 0.29) is 11.6 Å². The maximum absolute atomic E-state index is 14.0. The zero-order valence-corrected chi connectivity index (χ0v) is 11.7. The molecule has 1 fully saturated rings. The molecule has 0 unspecified atom stereocenters. The van der Waals surface area contributed by atoms with Crippen LogP contribution in [0.1, 0.15) is 24.4 Å². The van der Waals surface area contributed by atoms with Gasteiger partial charge in [0.05, 0.1) is 5.52 Å². The van der Waals surface area contributed by atoms with Crippen molar-refractivity contribution in [2.45, 2.75) is 25.8 Å². The first-order valence-corrected chi connectivity index (χ1v) is 7.12. The molecule has 1 aromatic heterocycles. The second kappa shape index (κ2) is 4.32. The maximum Gasteiger partial charge on any atom is 0.151 e. The Kier molecular flexibility index (Phi) is 2.55. The van der Waals surface area contributed by atoms with Crippen LogP contribution in [0.5, 0.6) is 5.75 Å². The molecule has 4 heteroatoms. The van der Waals surface area contributed by atoms with Gasteiger partial charge in [0.15, 0.2) is 5.82 Å². The minimum atomic E-state index is -0.300. The zero-order valence-electron chi connectivity index (χ0n) is 11.7. The number of aromatic hydroxyl groups is 1. The van der Waals surface area contributed by atoms with Gasteiger partial charge in [-0.3, -0.25) is 0 Å². The molecule has 1 heterocycles. The van der Waals surface area contributed by atoms with Crippen molar-refractivity contribution in [2.75, 3.05) is 0 Å². The van der Waals surface area contributed by atoms with Crippen molar-refractivity contribution >= 4 is 11.0 Å². The highest BCUT2D eigenvalue weighted by molar-refractivity contribution is 5.82. The number of hydrogen-bond acceptors (Lipinski definition) is 2. The molecule has 1 aliphatic rings. The van der Waals surface area contributed by atoms with Crippen LogP contribution in [0.2, 0.25) is 0 Å². The van der Waals surface area contributed by atoms with E-state index in [0.717, 1.165) is 35.3 Å². The summed E-state index contributed by atoms with van der Waals surface area (Å²) in [7, 11) is 0. The van der Waals surface area contributed by atoms with E-state index in [2.05, 4.69) is 9.55 Å². The van der Waals surface area contributed by atoms with Crippen LogP contribution in [0, 0.1) is 12.7 Å². The number of rotatable bonds is 2. The summed E-state index contributed by atoms with van der Waals surface area (Å²) in [5.41, 5.74) is 2.87. The Bertz CT molecular complexity index is 849. The first-order chi connectivity index (χ1) is 10.2. The van der Waals surface area contributed by atoms with Gasteiger partial charge in [0.25, 0.3) is 0 Å². The van der Waals surface area contributed by atoms with Gasteiger partial charge in [-0.25, -0.2) is 9.37 Å². The Labute approximate surface area is 121 Å². The summed E-state index contributed by atoms with van der Waals surface area (Å²) in [6.07, 6.45) is 2.18. The van der Waals surface area contributed by atoms with Gasteiger partial charge in [-0.2, -0.15) is 0 Å². The molecule has 106 valence electrons. The molecule has 4 rings (SSSR count). The third-order valence-electron chi connectivity index (χ3n) is 4.13. The molecule has 3 nitrogen and oxygen atoms in total. The highest BCUT2D eigenvalue weighted by atomic mass is 19.1. The Morgan fingerprint density at radius 1 is 1.19 bits per heavy atom. The molecule has 1 aliphatic carbocycles. The summed E-state index contributed by atoms with van der Waals surface area (Å²) >= 11 is 0. The molecule has 0 spiro atoms. The van der Waals surface area contributed by atoms with Crippen molar-refractivity contribution < 1.29 is 9.50 Å². The van der Waals surface area contributed by atoms with Crippen LogP contribution in [-0.2, 0) is 0 Å². The number of nitrogens with zero attached hydrogens (tertiary/aromatic N) is 2. The van der Waals surface area contributed by atoms with Gasteiger partial charge < -0.3 is 9.67 Å². The minimum absolute atomic E-state index is 0.238. The third kappa shape index (κ3) is 1.82. The number of imidazole rings is 1. The zero-order chi connectivity index (χ0) is 14.6. The second-order valence-electron chi connectivity index (χ2n) is 5.59. The number of hydrogen-bond donors (Lipinski definition) is 1. The maximum atomic E-state index is 14.0. The molecular formula is C17H15FN2O. The number of benzene rings is 2. The van der Waals surface area contributed by atoms with Gasteiger partial charge in [-0.05, 0) is 38.0 Å². The SMILES string of the molecule is Cc1c(O)cccc1-c1nc2c(F)cccc2n1C1CC1. The van der Waals surface area contributed by atoms with Crippen LogP contribution in [0.15, 0.2) is 36.4 Å². The molecule has 1 saturated carbocycles. The quantitative estimate of drug-likeness (QED) is 0.765. The van der Waals surface area contributed by atoms with Crippen molar-refractivity contribution in [3.63, 3.8) is 0 Å². The summed E-state index contributed by atoms with van der Waals surface area (Å²) in [6.45, 7) is 1.86. The van der Waals surface area contributed by atoms with Gasteiger partial charge in [-0.1, -0.05) is 18.2 Å². The van der Waals surface area contributed by atoms with Gasteiger partial charge in [0.1, 0.15) is 17.1 Å². The Hall–Kier alpha value is -2.36. The molecule has 0 aliphatic heterocycles. The van der Waals surface area contributed by atoms with Crippen molar-refractivity contribution in [3.8, 4) is 17.1 Å². The van der Waals surface area contributed by atoms with Gasteiger partial charge in [0, 0.05) is 17.2 Å². The van der Waals surface area contributed by atoms with Crippen LogP contribution >= 0.6 is 0 Å². The first-order valence-electron chi connectivity index (χ1n) is 7.12. The van der Waals surface area contributed by atoms with E-state index in [0.29, 0.717) is 11.6 Å². The third-order valence-corrected chi connectivity index (χ3v) is 4.13. The lowest BCUT2D eigenvalue weighted by molar-refractivity contribution is 0.471. The van der Waals surface area contributed by atoms with Crippen LogP contribution in [0.25, 0.3) is 22.4 Å². The number of fused-ring (bicyclic) bond motifs is 1. The molecule has 0 saturated heterocycles. The molecule has 0 amide bonds. The Balaban J connectivity index is 2.06. The van der Waals surface area contributed by atoms with Crippen LogP contribution in [0.4, 0.5) is 4.39 Å². The fourth-order valence-electron chi connectivity index (χ4n) is 2.84. The van der Waals surface area contributed by atoms with E-state index < -0.39 is 0 Å². The topological polar surface area (TPSA) is 38.1 Å². The van der Waals surface area contributed by atoms with E-state index in [1.54, 1.807) is 18.2 Å². The molecule has 2 aromatic carbocycles. The van der Waals surface area contributed by atoms with Crippen molar-refractivity contribution in [1.82, 2.24) is 9.55 Å². The predicted octanol–water partition coefficient (Wildman–Crippen LogP) is 4.19. The number of phenolic OH excluding ortho intramolecular Hbond substituents is 1. The first kappa shape index (κ1) is 12.4. The van der Waals surface area contributed by atoms with E-state index in [1.807, 2.05) is 19.1 Å². The predicted molar refractivity (Wildman–Crippen MR) is 79.8 cm³/mol. The highest BCUT2D eigenvalue weighted by Crippen LogP contribution is 2.42. The lowest BCUT2D eigenvalue weighted by Gasteiger charge is -2.10. The lowest BCUT2D eigenvalue weighted by atomic mass is 10.1. The monoisotopic (exact) mass is 282 g/mol. The van der Waals surface area contributed by atoms with Gasteiger partial charge in [-0.15, -0.1) is 0 Å². The van der Waals surface area contributed by atoms with Crippen LogP contribution < -0.4 is 0 Å². The van der Waals surface area contributed by atoms with Crippen molar-refractivity contribution in [1.29, 1.82) is 0 Å². The van der Waals surface area contributed by atoms with Gasteiger partial charge in [0.2, 0.25) is 0 Å². The summed E-state index contributed by atoms with van der Waals surface area (Å²) in [5, 5.41) is 9.92. The Morgan fingerprint density at radius 3 is 2.71 bits per heavy atom. The number of aromatic nitrogens is 2. The molecule has 0 atom stereocenters. The van der Waals surface area contributed by atoms with E-state index in [1.165, 1.54) is 6.07 Å². The average molecular weight is 282 g/mol. The lowest BCUT2D eigenvalue weighted by Crippen LogP contribution is -1.98. The summed E-state index contributed by atoms with van der Waals surface area (Å²) < 4.78 is 16.1. The van der Waals surface area contributed by atoms with E-state index in [9.17, 15) is 9.50 Å². The molecule has 21 heavy (non-hydrogen) atoms. The molecule has 3 aromatic rings. The van der Waals surface area contributed by atoms with Crippen LogP contribution in [0.3, 0.4) is 0 Å². The van der Waals surface area contributed by atoms with Gasteiger partial charge >= 0.3 is 0 Å². The molecule has 0 bridgehead atoms. The Morgan fingerprint density at radius 2 is 1.95 bits per heavy atom. The largest absolute Gasteiger partial charge is 0.508 e. The number of para-hydroxylation sites is 1. The van der Waals surface area contributed by atoms with Crippen molar-refractivity contribution in [3.05, 3.63) is 47.8 Å². The minimum Gasteiger partial charge on any atom is -0.508 e. The number of phenols is 1. The highest BCUT2D eigenvalue weighted by Gasteiger charge is 2.29. The molecule has 0 radical (unpaired) electrons. The summed E-state index contributed by atoms with van der Waals surface area (Å²) in [5.74, 6) is 0.680. The number of halogens is 1. The average Bonchev–Trinajstić information content (AvgIpc) is 3.23. The summed E-state index contributed by atoms with van der Waals surface area (Å²) in [4.78, 5) is 4.52. The normalized spacial score (nSPS) is 14.8. The smallest absolute Gasteiger partial charge is 0.151 e. The van der Waals surface area contributed by atoms with E-state index in [4.69, 9.17) is 0 Å². The molecule has 1 N–H and O–H groups in total.